The van der Waals surface area contributed by atoms with Crippen LogP contribution in [-0.2, 0) is 27.2 Å². The van der Waals surface area contributed by atoms with E-state index in [1.165, 1.54) is 12.5 Å². The lowest BCUT2D eigenvalue weighted by Gasteiger charge is -2.10. The maximum absolute atomic E-state index is 12.0. The Bertz CT molecular complexity index is 1190. The zero-order valence-corrected chi connectivity index (χ0v) is 21.5. The lowest BCUT2D eigenvalue weighted by atomic mass is 10.1. The zero-order valence-electron chi connectivity index (χ0n) is 21.5. The largest absolute Gasteiger partial charge is 0.352 e. The van der Waals surface area contributed by atoms with Crippen molar-refractivity contribution in [1.29, 1.82) is 0 Å². The summed E-state index contributed by atoms with van der Waals surface area (Å²) >= 11 is 0. The molecule has 4 amide bonds. The van der Waals surface area contributed by atoms with E-state index in [1.54, 1.807) is 48.5 Å². The Morgan fingerprint density at radius 1 is 0.763 bits per heavy atom. The molecule has 0 aliphatic carbocycles. The van der Waals surface area contributed by atoms with Gasteiger partial charge >= 0.3 is 0 Å². The third-order valence-electron chi connectivity index (χ3n) is 5.41. The van der Waals surface area contributed by atoms with Crippen LogP contribution in [0, 0.1) is 0 Å². The number of amides is 4. The maximum atomic E-state index is 12.0. The van der Waals surface area contributed by atoms with Crippen LogP contribution in [0.1, 0.15) is 38.8 Å². The molecule has 0 fully saturated rings. The molecule has 3 aromatic rings. The number of aldehydes is 1. The number of hydrogen-bond acceptors (Lipinski definition) is 6. The highest BCUT2D eigenvalue weighted by molar-refractivity contribution is 5.95. The molecular weight excluding hydrogens is 484 g/mol. The summed E-state index contributed by atoms with van der Waals surface area (Å²) in [6, 6.07) is 21.2. The third kappa shape index (κ3) is 10.2. The molecule has 0 aromatic heterocycles. The normalized spacial score (nSPS) is 9.84. The van der Waals surface area contributed by atoms with Crippen LogP contribution < -0.4 is 20.9 Å². The number of nitrogens with one attached hydrogen (secondary N) is 3. The summed E-state index contributed by atoms with van der Waals surface area (Å²) < 4.78 is 0. The van der Waals surface area contributed by atoms with Crippen LogP contribution in [0.2, 0.25) is 0 Å². The summed E-state index contributed by atoms with van der Waals surface area (Å²) in [6.45, 7) is 2.92. The Hall–Kier alpha value is -4.63. The summed E-state index contributed by atoms with van der Waals surface area (Å²) in [4.78, 5) is 55.6. The molecule has 0 atom stereocenters. The van der Waals surface area contributed by atoms with Crippen molar-refractivity contribution in [2.75, 3.05) is 30.4 Å². The van der Waals surface area contributed by atoms with Crippen molar-refractivity contribution in [3.05, 3.63) is 95.1 Å². The van der Waals surface area contributed by atoms with E-state index in [4.69, 9.17) is 0 Å². The van der Waals surface area contributed by atoms with Gasteiger partial charge in [0.05, 0.1) is 5.69 Å². The topological polar surface area (TPSA) is 125 Å². The van der Waals surface area contributed by atoms with E-state index in [1.807, 2.05) is 31.3 Å². The molecule has 0 spiro atoms. The van der Waals surface area contributed by atoms with Crippen LogP contribution >= 0.6 is 0 Å². The molecule has 198 valence electrons. The van der Waals surface area contributed by atoms with Crippen molar-refractivity contribution in [3.63, 3.8) is 0 Å². The van der Waals surface area contributed by atoms with Gasteiger partial charge in [0.2, 0.25) is 18.7 Å². The van der Waals surface area contributed by atoms with Crippen molar-refractivity contribution in [2.45, 2.75) is 19.8 Å². The molecule has 0 bridgehead atoms. The fourth-order valence-corrected chi connectivity index (χ4v) is 3.34. The number of hydrogen-bond donors (Lipinski definition) is 3. The lowest BCUT2D eigenvalue weighted by molar-refractivity contribution is -0.115. The van der Waals surface area contributed by atoms with E-state index in [0.29, 0.717) is 42.6 Å². The molecule has 3 rings (SSSR count). The van der Waals surface area contributed by atoms with Gasteiger partial charge in [0, 0.05) is 30.3 Å². The van der Waals surface area contributed by atoms with Crippen LogP contribution in [0.4, 0.5) is 11.4 Å². The van der Waals surface area contributed by atoms with Crippen molar-refractivity contribution < 1.29 is 24.0 Å². The minimum atomic E-state index is -0.211. The number of imide groups is 1. The van der Waals surface area contributed by atoms with E-state index in [0.717, 1.165) is 35.4 Å². The van der Waals surface area contributed by atoms with Gasteiger partial charge < -0.3 is 16.0 Å². The maximum Gasteiger partial charge on any atom is 0.251 e. The minimum absolute atomic E-state index is 0.0343. The Morgan fingerprint density at radius 3 is 1.82 bits per heavy atom. The zero-order chi connectivity index (χ0) is 27.8. The van der Waals surface area contributed by atoms with E-state index < -0.39 is 0 Å². The Kier molecular flexibility index (Phi) is 12.6. The molecule has 0 saturated carbocycles. The molecule has 9 heteroatoms. The van der Waals surface area contributed by atoms with Gasteiger partial charge in [-0.1, -0.05) is 36.4 Å². The molecule has 0 radical (unpaired) electrons. The van der Waals surface area contributed by atoms with Crippen molar-refractivity contribution in [3.8, 4) is 0 Å². The fraction of sp³-hybridized carbons (Fsp3) is 0.207. The minimum Gasteiger partial charge on any atom is -0.352 e. The number of carbonyl (C=O) groups is 5. The van der Waals surface area contributed by atoms with Crippen LogP contribution in [0.5, 0.6) is 0 Å². The first-order chi connectivity index (χ1) is 18.4. The Balaban J connectivity index is 0.000000308. The molecule has 0 unspecified atom stereocenters. The number of carbonyl (C=O) groups excluding carboxylic acids is 5. The van der Waals surface area contributed by atoms with Gasteiger partial charge in [-0.3, -0.25) is 28.9 Å². The van der Waals surface area contributed by atoms with E-state index in [-0.39, 0.29) is 11.8 Å². The number of benzene rings is 3. The van der Waals surface area contributed by atoms with E-state index in [9.17, 15) is 24.0 Å². The summed E-state index contributed by atoms with van der Waals surface area (Å²) in [5, 5.41) is 8.62. The molecule has 9 nitrogen and oxygen atoms in total. The van der Waals surface area contributed by atoms with Gasteiger partial charge in [-0.2, -0.15) is 0 Å². The van der Waals surface area contributed by atoms with Gasteiger partial charge in [-0.15, -0.1) is 0 Å². The molecule has 0 aliphatic rings. The van der Waals surface area contributed by atoms with Crippen LogP contribution in [-0.4, -0.2) is 51.1 Å². The molecule has 3 aromatic carbocycles. The highest BCUT2D eigenvalue weighted by Crippen LogP contribution is 2.13. The molecular formula is C29H32N4O5. The molecule has 0 heterocycles. The first-order valence-corrected chi connectivity index (χ1v) is 12.0. The van der Waals surface area contributed by atoms with E-state index in [2.05, 4.69) is 16.0 Å². The summed E-state index contributed by atoms with van der Waals surface area (Å²) in [5.41, 5.74) is 4.59. The number of nitrogens with zero attached hydrogens (tertiary/aromatic N) is 1. The third-order valence-corrected chi connectivity index (χ3v) is 5.41. The van der Waals surface area contributed by atoms with Crippen LogP contribution in [0.25, 0.3) is 0 Å². The first kappa shape index (κ1) is 29.6. The summed E-state index contributed by atoms with van der Waals surface area (Å²) in [6.07, 6.45) is 3.23. The summed E-state index contributed by atoms with van der Waals surface area (Å²) in [5.74, 6) is -0.245. The second-order valence-corrected chi connectivity index (χ2v) is 8.26. The number of likely N-dealkylation sites (N-methyl/N-ethyl adjacent to an activating group) is 1. The average Bonchev–Trinajstić information content (AvgIpc) is 2.94. The SMILES string of the molecule is CNCCc1ccc(NC(C)=O)cc1.O=Cc1ccc(C(=O)NCCc2ccc(N(C=O)C=O)cc2)cc1. The van der Waals surface area contributed by atoms with Gasteiger partial charge in [-0.05, 0) is 74.0 Å². The molecule has 38 heavy (non-hydrogen) atoms. The second kappa shape index (κ2) is 16.2. The molecule has 0 aliphatic heterocycles. The van der Waals surface area contributed by atoms with Crippen molar-refractivity contribution in [1.82, 2.24) is 10.6 Å². The van der Waals surface area contributed by atoms with Crippen molar-refractivity contribution in [2.24, 2.45) is 0 Å². The monoisotopic (exact) mass is 516 g/mol. The predicted octanol–water partition coefficient (Wildman–Crippen LogP) is 3.00. The Morgan fingerprint density at radius 2 is 1.32 bits per heavy atom. The van der Waals surface area contributed by atoms with Gasteiger partial charge in [0.25, 0.3) is 5.91 Å². The highest BCUT2D eigenvalue weighted by Gasteiger charge is 2.06. The van der Waals surface area contributed by atoms with Crippen LogP contribution in [0.3, 0.4) is 0 Å². The number of anilines is 2. The predicted molar refractivity (Wildman–Crippen MR) is 147 cm³/mol. The molecule has 0 saturated heterocycles. The lowest BCUT2D eigenvalue weighted by Crippen LogP contribution is -2.25. The van der Waals surface area contributed by atoms with E-state index >= 15 is 0 Å². The number of rotatable bonds is 12. The van der Waals surface area contributed by atoms with Crippen LogP contribution in [0.15, 0.2) is 72.8 Å². The first-order valence-electron chi connectivity index (χ1n) is 12.0. The average molecular weight is 517 g/mol. The standard InChI is InChI=1S/C18H16N2O4.C11H16N2O/c21-11-15-1-5-16(6-2-15)18(24)19-10-9-14-3-7-17(8-4-14)20(12-22)13-23;1-9(14)13-11-5-3-10(4-6-11)7-8-12-2/h1-8,11-13H,9-10H2,(H,19,24);3-6,12H,7-8H2,1-2H3,(H,13,14). The van der Waals surface area contributed by atoms with Gasteiger partial charge in [-0.25, -0.2) is 0 Å². The Labute approximate surface area is 222 Å². The summed E-state index contributed by atoms with van der Waals surface area (Å²) in [7, 11) is 1.94. The molecule has 3 N–H and O–H groups in total. The van der Waals surface area contributed by atoms with Gasteiger partial charge in [0.1, 0.15) is 6.29 Å². The highest BCUT2D eigenvalue weighted by atomic mass is 16.2. The quantitative estimate of drug-likeness (QED) is 0.318. The van der Waals surface area contributed by atoms with Crippen molar-refractivity contribution >= 4 is 42.3 Å². The van der Waals surface area contributed by atoms with Gasteiger partial charge in [0.15, 0.2) is 0 Å². The fourth-order valence-electron chi connectivity index (χ4n) is 3.34. The second-order valence-electron chi connectivity index (χ2n) is 8.26. The smallest absolute Gasteiger partial charge is 0.251 e.